The molecule has 34 heavy (non-hydrogen) atoms. The summed E-state index contributed by atoms with van der Waals surface area (Å²) in [5, 5.41) is 2.43. The maximum absolute atomic E-state index is 11.3. The molecular formula is C31H23NO2. The van der Waals surface area contributed by atoms with Gasteiger partial charge in [-0.3, -0.25) is 0 Å². The van der Waals surface area contributed by atoms with Gasteiger partial charge in [-0.25, -0.2) is 4.79 Å². The Labute approximate surface area is 198 Å². The van der Waals surface area contributed by atoms with Gasteiger partial charge in [-0.05, 0) is 53.1 Å². The van der Waals surface area contributed by atoms with E-state index in [9.17, 15) is 4.79 Å². The molecule has 0 saturated heterocycles. The van der Waals surface area contributed by atoms with Crippen molar-refractivity contribution < 1.29 is 9.53 Å². The van der Waals surface area contributed by atoms with Crippen LogP contribution in [0.1, 0.15) is 16.7 Å². The van der Waals surface area contributed by atoms with E-state index in [1.165, 1.54) is 27.4 Å². The fourth-order valence-corrected chi connectivity index (χ4v) is 4.01. The van der Waals surface area contributed by atoms with Gasteiger partial charge in [-0.2, -0.15) is 0 Å². The minimum Gasteiger partial charge on any atom is -0.423 e. The van der Waals surface area contributed by atoms with Crippen LogP contribution in [-0.4, -0.2) is 10.5 Å². The van der Waals surface area contributed by atoms with Crippen LogP contribution in [0.2, 0.25) is 0 Å². The van der Waals surface area contributed by atoms with Gasteiger partial charge in [0.15, 0.2) is 0 Å². The molecule has 0 atom stereocenters. The van der Waals surface area contributed by atoms with Crippen molar-refractivity contribution in [2.24, 2.45) is 0 Å². The Hall–Kier alpha value is -4.63. The number of para-hydroxylation sites is 1. The van der Waals surface area contributed by atoms with E-state index in [1.807, 2.05) is 30.3 Å². The fraction of sp³-hybridized carbons (Fsp3) is 0. The maximum atomic E-state index is 11.3. The van der Waals surface area contributed by atoms with Crippen molar-refractivity contribution in [3.8, 4) is 5.75 Å². The van der Waals surface area contributed by atoms with Gasteiger partial charge in [0.25, 0.3) is 0 Å². The van der Waals surface area contributed by atoms with E-state index in [2.05, 4.69) is 90.2 Å². The molecule has 0 radical (unpaired) electrons. The highest BCUT2D eigenvalue weighted by molar-refractivity contribution is 6.10. The number of nitrogens with zero attached hydrogens (tertiary/aromatic N) is 1. The second-order valence-electron chi connectivity index (χ2n) is 7.92. The summed E-state index contributed by atoms with van der Waals surface area (Å²) in [6.07, 6.45) is 9.56. The topological polar surface area (TPSA) is 31.2 Å². The Kier molecular flexibility index (Phi) is 5.91. The molecule has 164 valence electrons. The standard InChI is InChI=1S/C31H23NO2/c1-2-31(33)34-26-17-14-24(15-18-26)12-13-25-16-19-30-28(22-25)27-10-6-7-11-29(27)32(30)21-20-23-8-4-3-5-9-23/h2-22H,1H2/b13-12?,21-20+. The normalized spacial score (nSPS) is 11.5. The van der Waals surface area contributed by atoms with Crippen molar-refractivity contribution >= 4 is 52.2 Å². The molecule has 0 aliphatic carbocycles. The maximum Gasteiger partial charge on any atom is 0.335 e. The van der Waals surface area contributed by atoms with Crippen molar-refractivity contribution in [2.75, 3.05) is 0 Å². The summed E-state index contributed by atoms with van der Waals surface area (Å²) in [7, 11) is 0. The first-order valence-electron chi connectivity index (χ1n) is 11.1. The monoisotopic (exact) mass is 441 g/mol. The summed E-state index contributed by atoms with van der Waals surface area (Å²) in [6, 6.07) is 32.7. The molecule has 0 fully saturated rings. The number of aromatic nitrogens is 1. The van der Waals surface area contributed by atoms with Crippen LogP contribution in [0.3, 0.4) is 0 Å². The van der Waals surface area contributed by atoms with E-state index in [0.29, 0.717) is 5.75 Å². The third-order valence-electron chi connectivity index (χ3n) is 5.68. The summed E-state index contributed by atoms with van der Waals surface area (Å²) in [4.78, 5) is 11.3. The number of benzene rings is 4. The smallest absolute Gasteiger partial charge is 0.335 e. The highest BCUT2D eigenvalue weighted by Gasteiger charge is 2.09. The van der Waals surface area contributed by atoms with Crippen molar-refractivity contribution in [1.29, 1.82) is 0 Å². The highest BCUT2D eigenvalue weighted by atomic mass is 16.5. The van der Waals surface area contributed by atoms with Crippen LogP contribution < -0.4 is 4.74 Å². The Morgan fingerprint density at radius 2 is 1.32 bits per heavy atom. The first-order chi connectivity index (χ1) is 16.7. The second-order valence-corrected chi connectivity index (χ2v) is 7.92. The van der Waals surface area contributed by atoms with E-state index in [4.69, 9.17) is 4.74 Å². The lowest BCUT2D eigenvalue weighted by Gasteiger charge is -2.02. The third kappa shape index (κ3) is 4.45. The SMILES string of the molecule is C=CC(=O)Oc1ccc(C=Cc2ccc3c(c2)c2ccccc2n3/C=C/c2ccccc2)cc1. The Morgan fingerprint density at radius 3 is 2.12 bits per heavy atom. The van der Waals surface area contributed by atoms with Crippen LogP contribution in [0, 0.1) is 0 Å². The summed E-state index contributed by atoms with van der Waals surface area (Å²) >= 11 is 0. The molecule has 0 spiro atoms. The first-order valence-corrected chi connectivity index (χ1v) is 11.1. The van der Waals surface area contributed by atoms with Crippen LogP contribution in [-0.2, 0) is 4.79 Å². The van der Waals surface area contributed by atoms with E-state index >= 15 is 0 Å². The average Bonchev–Trinajstić information content (AvgIpc) is 3.20. The van der Waals surface area contributed by atoms with Gasteiger partial charge in [-0.1, -0.05) is 85.5 Å². The number of rotatable bonds is 6. The van der Waals surface area contributed by atoms with Gasteiger partial charge in [0.05, 0.1) is 11.0 Å². The molecule has 0 saturated carbocycles. The molecule has 3 nitrogen and oxygen atoms in total. The molecule has 4 aromatic carbocycles. The minimum absolute atomic E-state index is 0.464. The summed E-state index contributed by atoms with van der Waals surface area (Å²) < 4.78 is 7.38. The van der Waals surface area contributed by atoms with Gasteiger partial charge in [0, 0.05) is 23.0 Å². The summed E-state index contributed by atoms with van der Waals surface area (Å²) in [5.41, 5.74) is 5.64. The largest absolute Gasteiger partial charge is 0.423 e. The quantitative estimate of drug-likeness (QED) is 0.117. The Bertz CT molecular complexity index is 1540. The number of carbonyl (C=O) groups is 1. The minimum atomic E-state index is -0.464. The molecular weight excluding hydrogens is 418 g/mol. The highest BCUT2D eigenvalue weighted by Crippen LogP contribution is 2.31. The number of hydrogen-bond donors (Lipinski definition) is 0. The van der Waals surface area contributed by atoms with E-state index in [1.54, 1.807) is 12.1 Å². The first kappa shape index (κ1) is 21.2. The van der Waals surface area contributed by atoms with Crippen LogP contribution in [0.25, 0.3) is 46.2 Å². The van der Waals surface area contributed by atoms with Gasteiger partial charge < -0.3 is 9.30 Å². The number of fused-ring (bicyclic) bond motifs is 3. The summed E-state index contributed by atoms with van der Waals surface area (Å²) in [5.74, 6) is 0.0363. The van der Waals surface area contributed by atoms with Crippen molar-refractivity contribution in [1.82, 2.24) is 4.57 Å². The van der Waals surface area contributed by atoms with Crippen molar-refractivity contribution in [3.05, 3.63) is 126 Å². The van der Waals surface area contributed by atoms with E-state index in [0.717, 1.165) is 17.2 Å². The zero-order valence-electron chi connectivity index (χ0n) is 18.6. The predicted octanol–water partition coefficient (Wildman–Crippen LogP) is 7.68. The van der Waals surface area contributed by atoms with E-state index in [-0.39, 0.29) is 0 Å². The predicted molar refractivity (Wildman–Crippen MR) is 142 cm³/mol. The van der Waals surface area contributed by atoms with E-state index < -0.39 is 5.97 Å². The second kappa shape index (κ2) is 9.47. The number of carbonyl (C=O) groups excluding carboxylic acids is 1. The van der Waals surface area contributed by atoms with Crippen LogP contribution in [0.4, 0.5) is 0 Å². The summed E-state index contributed by atoms with van der Waals surface area (Å²) in [6.45, 7) is 3.41. The van der Waals surface area contributed by atoms with Crippen molar-refractivity contribution in [3.63, 3.8) is 0 Å². The lowest BCUT2D eigenvalue weighted by Crippen LogP contribution is -2.02. The fourth-order valence-electron chi connectivity index (χ4n) is 4.01. The van der Waals surface area contributed by atoms with Crippen LogP contribution >= 0.6 is 0 Å². The Balaban J connectivity index is 1.46. The van der Waals surface area contributed by atoms with Crippen LogP contribution in [0.15, 0.2) is 110 Å². The molecule has 0 aliphatic heterocycles. The number of esters is 1. The molecule has 5 rings (SSSR count). The zero-order valence-corrected chi connectivity index (χ0v) is 18.6. The zero-order chi connectivity index (χ0) is 23.3. The molecule has 0 unspecified atom stereocenters. The van der Waals surface area contributed by atoms with Gasteiger partial charge >= 0.3 is 5.97 Å². The molecule has 5 aromatic rings. The molecule has 0 amide bonds. The number of hydrogen-bond acceptors (Lipinski definition) is 2. The van der Waals surface area contributed by atoms with Crippen LogP contribution in [0.5, 0.6) is 5.75 Å². The van der Waals surface area contributed by atoms with Crippen molar-refractivity contribution in [2.45, 2.75) is 0 Å². The Morgan fingerprint density at radius 1 is 0.676 bits per heavy atom. The molecule has 3 heteroatoms. The van der Waals surface area contributed by atoms with Gasteiger partial charge in [-0.15, -0.1) is 0 Å². The third-order valence-corrected chi connectivity index (χ3v) is 5.68. The molecule has 1 heterocycles. The molecule has 1 aromatic heterocycles. The van der Waals surface area contributed by atoms with Gasteiger partial charge in [0.2, 0.25) is 0 Å². The average molecular weight is 442 g/mol. The molecule has 0 aliphatic rings. The van der Waals surface area contributed by atoms with Gasteiger partial charge in [0.1, 0.15) is 5.75 Å². The molecule has 0 N–H and O–H groups in total. The number of ether oxygens (including phenoxy) is 1. The molecule has 0 bridgehead atoms. The lowest BCUT2D eigenvalue weighted by atomic mass is 10.1. The lowest BCUT2D eigenvalue weighted by molar-refractivity contribution is -0.128.